The fraction of sp³-hybridized carbons (Fsp3) is 0.111. The van der Waals surface area contributed by atoms with Gasteiger partial charge in [0.25, 0.3) is 0 Å². The highest BCUT2D eigenvalue weighted by molar-refractivity contribution is 5.86. The molecule has 0 heterocycles. The largest absolute Gasteiger partial charge is 0.493 e. The van der Waals surface area contributed by atoms with Crippen LogP contribution in [0.1, 0.15) is 11.1 Å². The Bertz CT molecular complexity index is 750. The Balaban J connectivity index is 2.20. The van der Waals surface area contributed by atoms with Crippen molar-refractivity contribution in [1.29, 1.82) is 0 Å². The molecule has 0 radical (unpaired) electrons. The smallest absolute Gasteiger partial charge is 0.328 e. The molecule has 0 atom stereocenters. The molecule has 0 bridgehead atoms. The Morgan fingerprint density at radius 3 is 2.52 bits per heavy atom. The molecule has 2 aromatic rings. The van der Waals surface area contributed by atoms with Crippen molar-refractivity contribution in [3.63, 3.8) is 0 Å². The van der Waals surface area contributed by atoms with E-state index >= 15 is 0 Å². The highest BCUT2D eigenvalue weighted by Crippen LogP contribution is 2.27. The van der Waals surface area contributed by atoms with Gasteiger partial charge in [-0.2, -0.15) is 0 Å². The van der Waals surface area contributed by atoms with Gasteiger partial charge in [0.05, 0.1) is 19.9 Å². The number of hydrogen-bond donors (Lipinski definition) is 1. The van der Waals surface area contributed by atoms with E-state index in [1.807, 2.05) is 36.4 Å². The Morgan fingerprint density at radius 1 is 1.04 bits per heavy atom. The number of carboxylic acids is 1. The summed E-state index contributed by atoms with van der Waals surface area (Å²) in [4.78, 5) is 14.9. The fourth-order valence-corrected chi connectivity index (χ4v) is 1.96. The molecule has 5 heteroatoms. The van der Waals surface area contributed by atoms with Crippen molar-refractivity contribution < 1.29 is 19.4 Å². The first-order valence-corrected chi connectivity index (χ1v) is 6.89. The minimum atomic E-state index is -0.982. The van der Waals surface area contributed by atoms with E-state index in [-0.39, 0.29) is 0 Å². The summed E-state index contributed by atoms with van der Waals surface area (Å²) in [6, 6.07) is 12.8. The number of aliphatic imine (C=N–C) groups is 1. The maximum atomic E-state index is 10.5. The van der Waals surface area contributed by atoms with Crippen LogP contribution >= 0.6 is 0 Å². The number of carbonyl (C=O) groups is 1. The summed E-state index contributed by atoms with van der Waals surface area (Å²) in [5.41, 5.74) is 2.37. The second-order valence-electron chi connectivity index (χ2n) is 4.64. The monoisotopic (exact) mass is 311 g/mol. The lowest BCUT2D eigenvalue weighted by Crippen LogP contribution is -1.91. The SMILES string of the molecule is COc1ccc(C=Nc2cccc(C=CC(=O)O)c2)cc1OC. The zero-order valence-corrected chi connectivity index (χ0v) is 12.9. The van der Waals surface area contributed by atoms with Crippen LogP contribution in [0, 0.1) is 0 Å². The van der Waals surface area contributed by atoms with Crippen molar-refractivity contribution in [2.75, 3.05) is 14.2 Å². The normalized spacial score (nSPS) is 11.0. The second kappa shape index (κ2) is 7.79. The standard InChI is InChI=1S/C18H17NO4/c1-22-16-8-6-14(11-17(16)23-2)12-19-15-5-3-4-13(10-15)7-9-18(20)21/h3-12H,1-2H3,(H,20,21). The second-order valence-corrected chi connectivity index (χ2v) is 4.64. The number of methoxy groups -OCH3 is 2. The van der Waals surface area contributed by atoms with Gasteiger partial charge in [0.2, 0.25) is 0 Å². The molecule has 0 aliphatic carbocycles. The van der Waals surface area contributed by atoms with Crippen molar-refractivity contribution in [2.24, 2.45) is 4.99 Å². The lowest BCUT2D eigenvalue weighted by Gasteiger charge is -2.07. The van der Waals surface area contributed by atoms with Gasteiger partial charge in [0, 0.05) is 12.3 Å². The number of hydrogen-bond acceptors (Lipinski definition) is 4. The van der Waals surface area contributed by atoms with Crippen molar-refractivity contribution in [1.82, 2.24) is 0 Å². The van der Waals surface area contributed by atoms with Crippen LogP contribution in [0.5, 0.6) is 11.5 Å². The summed E-state index contributed by atoms with van der Waals surface area (Å²) in [7, 11) is 3.17. The number of nitrogens with zero attached hydrogens (tertiary/aromatic N) is 1. The van der Waals surface area contributed by atoms with Gasteiger partial charge in [0.15, 0.2) is 11.5 Å². The lowest BCUT2D eigenvalue weighted by atomic mass is 10.2. The van der Waals surface area contributed by atoms with Crippen LogP contribution in [0.15, 0.2) is 53.5 Å². The van der Waals surface area contributed by atoms with Crippen LogP contribution in [0.4, 0.5) is 5.69 Å². The van der Waals surface area contributed by atoms with Gasteiger partial charge in [-0.15, -0.1) is 0 Å². The number of ether oxygens (including phenoxy) is 2. The van der Waals surface area contributed by atoms with Crippen LogP contribution in [0.25, 0.3) is 6.08 Å². The Hall–Kier alpha value is -3.08. The molecular weight excluding hydrogens is 294 g/mol. The van der Waals surface area contributed by atoms with E-state index in [1.165, 1.54) is 6.08 Å². The average molecular weight is 311 g/mol. The zero-order chi connectivity index (χ0) is 16.7. The molecule has 0 unspecified atom stereocenters. The molecule has 0 saturated heterocycles. The quantitative estimate of drug-likeness (QED) is 0.654. The first-order chi connectivity index (χ1) is 11.1. The molecule has 23 heavy (non-hydrogen) atoms. The van der Waals surface area contributed by atoms with Gasteiger partial charge >= 0.3 is 5.97 Å². The van der Waals surface area contributed by atoms with Gasteiger partial charge in [-0.25, -0.2) is 4.79 Å². The summed E-state index contributed by atoms with van der Waals surface area (Å²) in [6.45, 7) is 0. The molecule has 118 valence electrons. The van der Waals surface area contributed by atoms with Gasteiger partial charge in [-0.05, 0) is 47.5 Å². The number of rotatable bonds is 6. The fourth-order valence-electron chi connectivity index (χ4n) is 1.96. The van der Waals surface area contributed by atoms with E-state index in [0.717, 1.165) is 22.9 Å². The summed E-state index contributed by atoms with van der Waals surface area (Å²) in [6.07, 6.45) is 4.33. The van der Waals surface area contributed by atoms with Gasteiger partial charge in [-0.3, -0.25) is 4.99 Å². The third-order valence-electron chi connectivity index (χ3n) is 3.06. The molecule has 0 saturated carbocycles. The van der Waals surface area contributed by atoms with Crippen LogP contribution in [-0.4, -0.2) is 31.5 Å². The van der Waals surface area contributed by atoms with E-state index in [9.17, 15) is 4.79 Å². The van der Waals surface area contributed by atoms with Crippen molar-refractivity contribution in [3.05, 3.63) is 59.7 Å². The van der Waals surface area contributed by atoms with Crippen LogP contribution in [0.3, 0.4) is 0 Å². The highest BCUT2D eigenvalue weighted by Gasteiger charge is 2.03. The summed E-state index contributed by atoms with van der Waals surface area (Å²) in [5, 5.41) is 8.65. The Kier molecular flexibility index (Phi) is 5.52. The lowest BCUT2D eigenvalue weighted by molar-refractivity contribution is -0.131. The average Bonchev–Trinajstić information content (AvgIpc) is 2.58. The molecular formula is C18H17NO4. The first kappa shape index (κ1) is 16.3. The summed E-state index contributed by atoms with van der Waals surface area (Å²) >= 11 is 0. The molecule has 0 aliphatic heterocycles. The molecule has 0 aliphatic rings. The van der Waals surface area contributed by atoms with E-state index in [4.69, 9.17) is 14.6 Å². The molecule has 0 spiro atoms. The minimum absolute atomic E-state index is 0.634. The van der Waals surface area contributed by atoms with Gasteiger partial charge in [0.1, 0.15) is 0 Å². The molecule has 1 N–H and O–H groups in total. The third-order valence-corrected chi connectivity index (χ3v) is 3.06. The van der Waals surface area contributed by atoms with Crippen molar-refractivity contribution in [3.8, 4) is 11.5 Å². The van der Waals surface area contributed by atoms with E-state index in [2.05, 4.69) is 4.99 Å². The molecule has 2 aromatic carbocycles. The number of benzene rings is 2. The van der Waals surface area contributed by atoms with Gasteiger partial charge < -0.3 is 14.6 Å². The number of aliphatic carboxylic acids is 1. The third kappa shape index (κ3) is 4.71. The molecule has 0 aromatic heterocycles. The van der Waals surface area contributed by atoms with Gasteiger partial charge in [-0.1, -0.05) is 12.1 Å². The molecule has 0 amide bonds. The zero-order valence-electron chi connectivity index (χ0n) is 12.9. The van der Waals surface area contributed by atoms with Crippen molar-refractivity contribution in [2.45, 2.75) is 0 Å². The Labute approximate surface area is 134 Å². The number of carboxylic acid groups (broad SMARTS) is 1. The van der Waals surface area contributed by atoms with Crippen molar-refractivity contribution >= 4 is 23.9 Å². The van der Waals surface area contributed by atoms with Crippen LogP contribution in [-0.2, 0) is 4.79 Å². The van der Waals surface area contributed by atoms with Crippen LogP contribution < -0.4 is 9.47 Å². The molecule has 0 fully saturated rings. The minimum Gasteiger partial charge on any atom is -0.493 e. The van der Waals surface area contributed by atoms with E-state index in [0.29, 0.717) is 11.5 Å². The van der Waals surface area contributed by atoms with E-state index in [1.54, 1.807) is 26.5 Å². The topological polar surface area (TPSA) is 68.1 Å². The Morgan fingerprint density at radius 2 is 1.83 bits per heavy atom. The first-order valence-electron chi connectivity index (χ1n) is 6.89. The molecule has 2 rings (SSSR count). The summed E-state index contributed by atoms with van der Waals surface area (Å²) in [5.74, 6) is 0.310. The maximum Gasteiger partial charge on any atom is 0.328 e. The summed E-state index contributed by atoms with van der Waals surface area (Å²) < 4.78 is 10.4. The molecule has 5 nitrogen and oxygen atoms in total. The predicted octanol–water partition coefficient (Wildman–Crippen LogP) is 3.55. The highest BCUT2D eigenvalue weighted by atomic mass is 16.5. The van der Waals surface area contributed by atoms with E-state index < -0.39 is 5.97 Å². The predicted molar refractivity (Wildman–Crippen MR) is 89.9 cm³/mol. The van der Waals surface area contributed by atoms with Crippen LogP contribution in [0.2, 0.25) is 0 Å². The maximum absolute atomic E-state index is 10.5.